The van der Waals surface area contributed by atoms with E-state index in [1.54, 1.807) is 6.07 Å². The lowest BCUT2D eigenvalue weighted by molar-refractivity contribution is 0.0886. The number of rotatable bonds is 4. The zero-order chi connectivity index (χ0) is 17.1. The molecule has 0 radical (unpaired) electrons. The Labute approximate surface area is 139 Å². The SMILES string of the molecule is CC(C)(C)CC(C)(C)NC(=O)c1cccc(N2CCOCC2)n1. The van der Waals surface area contributed by atoms with Crippen molar-refractivity contribution >= 4 is 11.7 Å². The predicted octanol–water partition coefficient (Wildman–Crippen LogP) is 2.86. The number of aromatic nitrogens is 1. The van der Waals surface area contributed by atoms with Gasteiger partial charge in [-0.3, -0.25) is 4.79 Å². The molecule has 1 saturated heterocycles. The van der Waals surface area contributed by atoms with E-state index < -0.39 is 0 Å². The van der Waals surface area contributed by atoms with Gasteiger partial charge >= 0.3 is 0 Å². The minimum Gasteiger partial charge on any atom is -0.378 e. The first kappa shape index (κ1) is 17.7. The monoisotopic (exact) mass is 319 g/mol. The Morgan fingerprint density at radius 1 is 1.22 bits per heavy atom. The smallest absolute Gasteiger partial charge is 0.270 e. The van der Waals surface area contributed by atoms with Crippen LogP contribution in [0.5, 0.6) is 0 Å². The summed E-state index contributed by atoms with van der Waals surface area (Å²) in [7, 11) is 0. The van der Waals surface area contributed by atoms with Crippen molar-refractivity contribution in [2.45, 2.75) is 46.6 Å². The number of pyridine rings is 1. The van der Waals surface area contributed by atoms with Crippen LogP contribution >= 0.6 is 0 Å². The van der Waals surface area contributed by atoms with Gasteiger partial charge in [-0.05, 0) is 37.8 Å². The number of hydrogen-bond donors (Lipinski definition) is 1. The fourth-order valence-corrected chi connectivity index (χ4v) is 3.26. The summed E-state index contributed by atoms with van der Waals surface area (Å²) in [6.45, 7) is 13.7. The minimum atomic E-state index is -0.272. The number of carbonyl (C=O) groups is 1. The van der Waals surface area contributed by atoms with Crippen LogP contribution in [0.15, 0.2) is 18.2 Å². The number of nitrogens with one attached hydrogen (secondary N) is 1. The van der Waals surface area contributed by atoms with Crippen molar-refractivity contribution in [2.24, 2.45) is 5.41 Å². The van der Waals surface area contributed by atoms with E-state index in [-0.39, 0.29) is 16.9 Å². The first-order valence-corrected chi connectivity index (χ1v) is 8.29. The van der Waals surface area contributed by atoms with Crippen LogP contribution in [-0.2, 0) is 4.74 Å². The lowest BCUT2D eigenvalue weighted by Crippen LogP contribution is -2.46. The molecule has 1 fully saturated rings. The second-order valence-corrected chi connectivity index (χ2v) is 8.06. The van der Waals surface area contributed by atoms with Gasteiger partial charge in [0.05, 0.1) is 13.2 Å². The van der Waals surface area contributed by atoms with Gasteiger partial charge < -0.3 is 15.0 Å². The van der Waals surface area contributed by atoms with E-state index in [1.807, 2.05) is 12.1 Å². The molecule has 1 N–H and O–H groups in total. The number of anilines is 1. The molecule has 0 aromatic carbocycles. The van der Waals surface area contributed by atoms with E-state index >= 15 is 0 Å². The first-order valence-electron chi connectivity index (χ1n) is 8.29. The van der Waals surface area contributed by atoms with E-state index in [1.165, 1.54) is 0 Å². The maximum absolute atomic E-state index is 12.6. The van der Waals surface area contributed by atoms with Crippen molar-refractivity contribution in [3.05, 3.63) is 23.9 Å². The molecule has 23 heavy (non-hydrogen) atoms. The Morgan fingerprint density at radius 3 is 2.48 bits per heavy atom. The van der Waals surface area contributed by atoms with Crippen LogP contribution in [0, 0.1) is 5.41 Å². The average Bonchev–Trinajstić information content (AvgIpc) is 2.45. The number of morpholine rings is 1. The lowest BCUT2D eigenvalue weighted by atomic mass is 9.82. The third-order valence-electron chi connectivity index (χ3n) is 3.73. The van der Waals surface area contributed by atoms with Gasteiger partial charge in [0.15, 0.2) is 0 Å². The average molecular weight is 319 g/mol. The summed E-state index contributed by atoms with van der Waals surface area (Å²) in [6.07, 6.45) is 0.898. The van der Waals surface area contributed by atoms with Crippen molar-refractivity contribution in [3.8, 4) is 0 Å². The predicted molar refractivity (Wildman–Crippen MR) is 92.9 cm³/mol. The summed E-state index contributed by atoms with van der Waals surface area (Å²) < 4.78 is 5.36. The third kappa shape index (κ3) is 5.50. The highest BCUT2D eigenvalue weighted by Crippen LogP contribution is 2.27. The molecule has 1 aliphatic heterocycles. The van der Waals surface area contributed by atoms with E-state index in [0.717, 1.165) is 25.3 Å². The second-order valence-electron chi connectivity index (χ2n) is 8.06. The molecule has 0 unspecified atom stereocenters. The van der Waals surface area contributed by atoms with E-state index in [0.29, 0.717) is 18.9 Å². The highest BCUT2D eigenvalue weighted by molar-refractivity contribution is 5.93. The summed E-state index contributed by atoms with van der Waals surface area (Å²) >= 11 is 0. The van der Waals surface area contributed by atoms with Gasteiger partial charge in [-0.2, -0.15) is 0 Å². The van der Waals surface area contributed by atoms with Gasteiger partial charge in [0.25, 0.3) is 5.91 Å². The van der Waals surface area contributed by atoms with Gasteiger partial charge in [-0.1, -0.05) is 26.8 Å². The molecule has 0 bridgehead atoms. The molecular weight excluding hydrogens is 290 g/mol. The summed E-state index contributed by atoms with van der Waals surface area (Å²) in [5, 5.41) is 3.11. The van der Waals surface area contributed by atoms with Gasteiger partial charge in [0, 0.05) is 18.6 Å². The maximum atomic E-state index is 12.6. The Hall–Kier alpha value is -1.62. The molecule has 5 nitrogen and oxygen atoms in total. The van der Waals surface area contributed by atoms with Crippen LogP contribution in [0.2, 0.25) is 0 Å². The summed E-state index contributed by atoms with van der Waals surface area (Å²) in [5.41, 5.74) is 0.349. The van der Waals surface area contributed by atoms with E-state index in [4.69, 9.17) is 4.74 Å². The van der Waals surface area contributed by atoms with Crippen LogP contribution in [-0.4, -0.2) is 42.7 Å². The van der Waals surface area contributed by atoms with Gasteiger partial charge in [0.2, 0.25) is 0 Å². The molecule has 0 aliphatic carbocycles. The van der Waals surface area contributed by atoms with Crippen molar-refractivity contribution in [2.75, 3.05) is 31.2 Å². The Balaban J connectivity index is 2.07. The Kier molecular flexibility index (Phi) is 5.30. The van der Waals surface area contributed by atoms with Crippen LogP contribution in [0.4, 0.5) is 5.82 Å². The molecule has 2 heterocycles. The molecule has 2 rings (SSSR count). The maximum Gasteiger partial charge on any atom is 0.270 e. The zero-order valence-corrected chi connectivity index (χ0v) is 15.0. The molecule has 1 amide bonds. The lowest BCUT2D eigenvalue weighted by Gasteiger charge is -2.33. The minimum absolute atomic E-state index is 0.116. The third-order valence-corrected chi connectivity index (χ3v) is 3.73. The molecule has 128 valence electrons. The van der Waals surface area contributed by atoms with Crippen molar-refractivity contribution in [1.29, 1.82) is 0 Å². The van der Waals surface area contributed by atoms with Crippen LogP contribution in [0.1, 0.15) is 51.5 Å². The van der Waals surface area contributed by atoms with Gasteiger partial charge in [0.1, 0.15) is 11.5 Å². The molecule has 1 aromatic heterocycles. The number of amides is 1. The van der Waals surface area contributed by atoms with Crippen LogP contribution < -0.4 is 10.2 Å². The zero-order valence-electron chi connectivity index (χ0n) is 15.0. The fraction of sp³-hybridized carbons (Fsp3) is 0.667. The summed E-state index contributed by atoms with van der Waals surface area (Å²) in [6, 6.07) is 5.61. The molecule has 0 saturated carbocycles. The second kappa shape index (κ2) is 6.87. The number of ether oxygens (including phenoxy) is 1. The molecule has 1 aliphatic rings. The highest BCUT2D eigenvalue weighted by Gasteiger charge is 2.28. The first-order chi connectivity index (χ1) is 10.7. The largest absolute Gasteiger partial charge is 0.378 e. The number of carbonyl (C=O) groups excluding carboxylic acids is 1. The van der Waals surface area contributed by atoms with Crippen LogP contribution in [0.3, 0.4) is 0 Å². The highest BCUT2D eigenvalue weighted by atomic mass is 16.5. The van der Waals surface area contributed by atoms with Crippen molar-refractivity contribution in [3.63, 3.8) is 0 Å². The van der Waals surface area contributed by atoms with Crippen molar-refractivity contribution < 1.29 is 9.53 Å². The number of nitrogens with zero attached hydrogens (tertiary/aromatic N) is 2. The molecule has 5 heteroatoms. The summed E-state index contributed by atoms with van der Waals surface area (Å²) in [4.78, 5) is 19.3. The Morgan fingerprint density at radius 2 is 1.87 bits per heavy atom. The quantitative estimate of drug-likeness (QED) is 0.927. The standard InChI is InChI=1S/C18H29N3O2/c1-17(2,3)13-18(4,5)20-16(22)14-7-6-8-15(19-14)21-9-11-23-12-10-21/h6-8H,9-13H2,1-5H3,(H,20,22). The molecule has 0 atom stereocenters. The van der Waals surface area contributed by atoms with Crippen molar-refractivity contribution in [1.82, 2.24) is 10.3 Å². The molecular formula is C18H29N3O2. The summed E-state index contributed by atoms with van der Waals surface area (Å²) in [5.74, 6) is 0.726. The normalized spacial score (nSPS) is 16.3. The van der Waals surface area contributed by atoms with Gasteiger partial charge in [-0.15, -0.1) is 0 Å². The number of hydrogen-bond acceptors (Lipinski definition) is 4. The molecule has 1 aromatic rings. The Bertz CT molecular complexity index is 543. The molecule has 0 spiro atoms. The fourth-order valence-electron chi connectivity index (χ4n) is 3.26. The van der Waals surface area contributed by atoms with Crippen LogP contribution in [0.25, 0.3) is 0 Å². The topological polar surface area (TPSA) is 54.5 Å². The van der Waals surface area contributed by atoms with E-state index in [9.17, 15) is 4.79 Å². The van der Waals surface area contributed by atoms with Gasteiger partial charge in [-0.25, -0.2) is 4.98 Å². The van der Waals surface area contributed by atoms with E-state index in [2.05, 4.69) is 49.8 Å².